The van der Waals surface area contributed by atoms with Crippen molar-refractivity contribution in [3.63, 3.8) is 0 Å². The zero-order valence-corrected chi connectivity index (χ0v) is 14.8. The molecule has 0 aliphatic carbocycles. The Balaban J connectivity index is 1.85. The van der Waals surface area contributed by atoms with Crippen molar-refractivity contribution in [3.8, 4) is 5.75 Å². The third kappa shape index (κ3) is 3.77. The molecular formula is C19H22N2O5. The fraction of sp³-hybridized carbons (Fsp3) is 0.421. The number of carbonyl (C=O) groups is 2. The Morgan fingerprint density at radius 1 is 1.38 bits per heavy atom. The molecule has 26 heavy (non-hydrogen) atoms. The number of rotatable bonds is 5. The summed E-state index contributed by atoms with van der Waals surface area (Å²) in [6.45, 7) is 2.70. The molecule has 1 saturated heterocycles. The van der Waals surface area contributed by atoms with Crippen LogP contribution in [-0.4, -0.2) is 48.3 Å². The van der Waals surface area contributed by atoms with Crippen molar-refractivity contribution in [2.75, 3.05) is 20.3 Å². The van der Waals surface area contributed by atoms with E-state index in [1.54, 1.807) is 32.2 Å². The molecule has 138 valence electrons. The minimum atomic E-state index is -1.05. The van der Waals surface area contributed by atoms with Crippen molar-refractivity contribution in [1.29, 1.82) is 0 Å². The number of hydrogen-bond donors (Lipinski definition) is 2. The summed E-state index contributed by atoms with van der Waals surface area (Å²) in [5.41, 5.74) is 1.62. The van der Waals surface area contributed by atoms with Gasteiger partial charge in [0.2, 0.25) is 0 Å². The number of fused-ring (bicyclic) bond motifs is 1. The lowest BCUT2D eigenvalue weighted by atomic mass is 9.93. The SMILES string of the molecule is COc1ccc2cc(C(=O)NC(C(=O)O)C3CCCOC3)c(C)nc2c1. The summed E-state index contributed by atoms with van der Waals surface area (Å²) in [5, 5.41) is 13.0. The number of carbonyl (C=O) groups excluding carboxylic acids is 1. The van der Waals surface area contributed by atoms with Crippen LogP contribution in [0.4, 0.5) is 0 Å². The number of aryl methyl sites for hydroxylation is 1. The van der Waals surface area contributed by atoms with Gasteiger partial charge in [-0.1, -0.05) is 0 Å². The van der Waals surface area contributed by atoms with Gasteiger partial charge in [-0.05, 0) is 38.0 Å². The summed E-state index contributed by atoms with van der Waals surface area (Å²) < 4.78 is 10.6. The minimum Gasteiger partial charge on any atom is -0.497 e. The molecular weight excluding hydrogens is 336 g/mol. The number of benzene rings is 1. The highest BCUT2D eigenvalue weighted by Crippen LogP contribution is 2.23. The molecule has 1 aromatic carbocycles. The molecule has 0 saturated carbocycles. The molecule has 2 N–H and O–H groups in total. The number of aliphatic carboxylic acids is 1. The molecule has 1 aliphatic heterocycles. The van der Waals surface area contributed by atoms with Gasteiger partial charge in [-0.2, -0.15) is 0 Å². The van der Waals surface area contributed by atoms with Crippen LogP contribution in [0, 0.1) is 12.8 Å². The highest BCUT2D eigenvalue weighted by Gasteiger charge is 2.32. The predicted octanol–water partition coefficient (Wildman–Crippen LogP) is 2.16. The van der Waals surface area contributed by atoms with E-state index in [9.17, 15) is 14.7 Å². The molecule has 0 radical (unpaired) electrons. The lowest BCUT2D eigenvalue weighted by Gasteiger charge is -2.28. The molecule has 2 heterocycles. The first-order chi connectivity index (χ1) is 12.5. The Bertz CT molecular complexity index is 830. The predicted molar refractivity (Wildman–Crippen MR) is 95.5 cm³/mol. The van der Waals surface area contributed by atoms with E-state index in [2.05, 4.69) is 10.3 Å². The average Bonchev–Trinajstić information content (AvgIpc) is 2.65. The molecule has 3 rings (SSSR count). The average molecular weight is 358 g/mol. The van der Waals surface area contributed by atoms with E-state index >= 15 is 0 Å². The first-order valence-electron chi connectivity index (χ1n) is 8.56. The highest BCUT2D eigenvalue weighted by molar-refractivity contribution is 6.00. The molecule has 0 spiro atoms. The van der Waals surface area contributed by atoms with Crippen LogP contribution in [0.5, 0.6) is 5.75 Å². The second-order valence-corrected chi connectivity index (χ2v) is 6.45. The second kappa shape index (κ2) is 7.70. The van der Waals surface area contributed by atoms with E-state index < -0.39 is 17.9 Å². The quantitative estimate of drug-likeness (QED) is 0.850. The van der Waals surface area contributed by atoms with Crippen LogP contribution in [0.3, 0.4) is 0 Å². The Kier molecular flexibility index (Phi) is 5.37. The maximum Gasteiger partial charge on any atom is 0.326 e. The zero-order valence-electron chi connectivity index (χ0n) is 14.8. The van der Waals surface area contributed by atoms with Crippen LogP contribution < -0.4 is 10.1 Å². The van der Waals surface area contributed by atoms with E-state index in [1.165, 1.54) is 0 Å². The number of hydrogen-bond acceptors (Lipinski definition) is 5. The molecule has 1 fully saturated rings. The van der Waals surface area contributed by atoms with Crippen LogP contribution in [0.15, 0.2) is 24.3 Å². The van der Waals surface area contributed by atoms with Crippen LogP contribution in [0.1, 0.15) is 28.9 Å². The topological polar surface area (TPSA) is 97.8 Å². The zero-order chi connectivity index (χ0) is 18.7. The number of carboxylic acid groups (broad SMARTS) is 1. The summed E-state index contributed by atoms with van der Waals surface area (Å²) in [5.74, 6) is -1.04. The van der Waals surface area contributed by atoms with Crippen LogP contribution >= 0.6 is 0 Å². The van der Waals surface area contributed by atoms with Crippen molar-refractivity contribution in [3.05, 3.63) is 35.5 Å². The molecule has 7 heteroatoms. The van der Waals surface area contributed by atoms with E-state index in [1.807, 2.05) is 6.07 Å². The van der Waals surface area contributed by atoms with E-state index in [4.69, 9.17) is 9.47 Å². The summed E-state index contributed by atoms with van der Waals surface area (Å²) in [4.78, 5) is 28.8. The number of ether oxygens (including phenoxy) is 2. The smallest absolute Gasteiger partial charge is 0.326 e. The first-order valence-corrected chi connectivity index (χ1v) is 8.56. The maximum absolute atomic E-state index is 12.7. The summed E-state index contributed by atoms with van der Waals surface area (Å²) in [7, 11) is 1.58. The molecule has 7 nitrogen and oxygen atoms in total. The summed E-state index contributed by atoms with van der Waals surface area (Å²) in [6, 6.07) is 6.15. The fourth-order valence-electron chi connectivity index (χ4n) is 3.23. The van der Waals surface area contributed by atoms with Gasteiger partial charge in [0.05, 0.1) is 30.5 Å². The standard InChI is InChI=1S/C19H22N2O5/c1-11-15(8-12-5-6-14(25-2)9-16(12)20-11)18(22)21-17(19(23)24)13-4-3-7-26-10-13/h5-6,8-9,13,17H,3-4,7,10H2,1-2H3,(H,21,22)(H,23,24). The summed E-state index contributed by atoms with van der Waals surface area (Å²) in [6.07, 6.45) is 1.51. The van der Waals surface area contributed by atoms with Gasteiger partial charge in [-0.25, -0.2) is 4.79 Å². The van der Waals surface area contributed by atoms with Crippen molar-refractivity contribution < 1.29 is 24.2 Å². The number of nitrogens with one attached hydrogen (secondary N) is 1. The Morgan fingerprint density at radius 2 is 2.19 bits per heavy atom. The molecule has 2 atom stereocenters. The normalized spacial score (nSPS) is 18.3. The molecule has 0 bridgehead atoms. The van der Waals surface area contributed by atoms with Crippen molar-refractivity contribution >= 4 is 22.8 Å². The van der Waals surface area contributed by atoms with Gasteiger partial charge < -0.3 is 19.9 Å². The lowest BCUT2D eigenvalue weighted by Crippen LogP contribution is -2.48. The van der Waals surface area contributed by atoms with Gasteiger partial charge in [0, 0.05) is 24.0 Å². The Labute approximate surface area is 151 Å². The van der Waals surface area contributed by atoms with Crippen molar-refractivity contribution in [2.45, 2.75) is 25.8 Å². The van der Waals surface area contributed by atoms with E-state index in [-0.39, 0.29) is 5.92 Å². The maximum atomic E-state index is 12.7. The number of carboxylic acids is 1. The van der Waals surface area contributed by atoms with Crippen molar-refractivity contribution in [1.82, 2.24) is 10.3 Å². The fourth-order valence-corrected chi connectivity index (χ4v) is 3.23. The first kappa shape index (κ1) is 18.1. The molecule has 1 aromatic heterocycles. The molecule has 1 amide bonds. The molecule has 2 unspecified atom stereocenters. The molecule has 1 aliphatic rings. The minimum absolute atomic E-state index is 0.233. The second-order valence-electron chi connectivity index (χ2n) is 6.45. The van der Waals surface area contributed by atoms with E-state index in [0.717, 1.165) is 11.8 Å². The van der Waals surface area contributed by atoms with Crippen molar-refractivity contribution in [2.24, 2.45) is 5.92 Å². The Morgan fingerprint density at radius 3 is 2.85 bits per heavy atom. The van der Waals surface area contributed by atoms with Gasteiger partial charge in [0.15, 0.2) is 0 Å². The van der Waals surface area contributed by atoms with Gasteiger partial charge in [0.1, 0.15) is 11.8 Å². The van der Waals surface area contributed by atoms with Crippen LogP contribution in [-0.2, 0) is 9.53 Å². The van der Waals surface area contributed by atoms with E-state index in [0.29, 0.717) is 42.2 Å². The number of nitrogens with zero attached hydrogens (tertiary/aromatic N) is 1. The monoisotopic (exact) mass is 358 g/mol. The number of pyridine rings is 1. The highest BCUT2D eigenvalue weighted by atomic mass is 16.5. The Hall–Kier alpha value is -2.67. The van der Waals surface area contributed by atoms with Gasteiger partial charge in [-0.15, -0.1) is 0 Å². The third-order valence-electron chi connectivity index (χ3n) is 4.68. The number of amides is 1. The number of methoxy groups -OCH3 is 1. The largest absolute Gasteiger partial charge is 0.497 e. The van der Waals surface area contributed by atoms with Crippen LogP contribution in [0.2, 0.25) is 0 Å². The van der Waals surface area contributed by atoms with Crippen LogP contribution in [0.25, 0.3) is 10.9 Å². The van der Waals surface area contributed by atoms with Gasteiger partial charge in [-0.3, -0.25) is 9.78 Å². The lowest BCUT2D eigenvalue weighted by molar-refractivity contribution is -0.142. The number of aromatic nitrogens is 1. The summed E-state index contributed by atoms with van der Waals surface area (Å²) >= 11 is 0. The third-order valence-corrected chi connectivity index (χ3v) is 4.68. The molecule has 2 aromatic rings. The van der Waals surface area contributed by atoms with Gasteiger partial charge in [0.25, 0.3) is 5.91 Å². The van der Waals surface area contributed by atoms with Gasteiger partial charge >= 0.3 is 5.97 Å².